The van der Waals surface area contributed by atoms with Crippen LogP contribution in [-0.4, -0.2) is 22.3 Å². The molecule has 1 heterocycles. The standard InChI is InChI=1S/C21H16N2O2S2/c1-26-15-6-4-5-13(11-15)20(25)22-14-9-10-18(24)16(12-14)21-23-17-7-2-3-8-19(17)27-21/h2-12,24H,1H3,(H,22,25). The second kappa shape index (κ2) is 7.42. The molecule has 2 N–H and O–H groups in total. The fourth-order valence-corrected chi connectivity index (χ4v) is 4.19. The molecule has 134 valence electrons. The molecule has 0 saturated carbocycles. The van der Waals surface area contributed by atoms with E-state index in [0.29, 0.717) is 21.8 Å². The van der Waals surface area contributed by atoms with Crippen molar-refractivity contribution >= 4 is 44.9 Å². The third kappa shape index (κ3) is 3.67. The zero-order valence-corrected chi connectivity index (χ0v) is 16.1. The number of carbonyl (C=O) groups is 1. The molecule has 4 rings (SSSR count). The highest BCUT2D eigenvalue weighted by molar-refractivity contribution is 7.98. The molecule has 0 aliphatic carbocycles. The number of carbonyl (C=O) groups excluding carboxylic acids is 1. The van der Waals surface area contributed by atoms with E-state index in [-0.39, 0.29) is 11.7 Å². The number of aromatic nitrogens is 1. The van der Waals surface area contributed by atoms with Crippen LogP contribution in [0.4, 0.5) is 5.69 Å². The van der Waals surface area contributed by atoms with Crippen molar-refractivity contribution in [3.63, 3.8) is 0 Å². The summed E-state index contributed by atoms with van der Waals surface area (Å²) in [6.45, 7) is 0. The van der Waals surface area contributed by atoms with Crippen molar-refractivity contribution in [1.29, 1.82) is 0 Å². The summed E-state index contributed by atoms with van der Waals surface area (Å²) in [4.78, 5) is 18.2. The summed E-state index contributed by atoms with van der Waals surface area (Å²) in [7, 11) is 0. The van der Waals surface area contributed by atoms with Gasteiger partial charge in [0.15, 0.2) is 0 Å². The molecule has 0 fully saturated rings. The van der Waals surface area contributed by atoms with Gasteiger partial charge in [-0.25, -0.2) is 4.98 Å². The van der Waals surface area contributed by atoms with E-state index in [2.05, 4.69) is 10.3 Å². The summed E-state index contributed by atoms with van der Waals surface area (Å²) in [5, 5.41) is 13.9. The third-order valence-electron chi connectivity index (χ3n) is 4.11. The number of nitrogens with zero attached hydrogens (tertiary/aromatic N) is 1. The number of hydrogen-bond acceptors (Lipinski definition) is 5. The highest BCUT2D eigenvalue weighted by Crippen LogP contribution is 2.36. The number of benzene rings is 3. The maximum absolute atomic E-state index is 12.6. The van der Waals surface area contributed by atoms with Crippen LogP contribution in [0.25, 0.3) is 20.8 Å². The SMILES string of the molecule is CSc1cccc(C(=O)Nc2ccc(O)c(-c3nc4ccccc4s3)c2)c1. The fourth-order valence-electron chi connectivity index (χ4n) is 2.74. The van der Waals surface area contributed by atoms with Gasteiger partial charge >= 0.3 is 0 Å². The summed E-state index contributed by atoms with van der Waals surface area (Å²) < 4.78 is 1.05. The fraction of sp³-hybridized carbons (Fsp3) is 0.0476. The molecule has 0 radical (unpaired) electrons. The molecule has 1 amide bonds. The Morgan fingerprint density at radius 3 is 2.74 bits per heavy atom. The highest BCUT2D eigenvalue weighted by Gasteiger charge is 2.13. The van der Waals surface area contributed by atoms with E-state index in [1.165, 1.54) is 11.3 Å². The first-order chi connectivity index (χ1) is 13.1. The number of fused-ring (bicyclic) bond motifs is 1. The third-order valence-corrected chi connectivity index (χ3v) is 5.91. The van der Waals surface area contributed by atoms with E-state index in [1.807, 2.05) is 48.7 Å². The Morgan fingerprint density at radius 2 is 1.93 bits per heavy atom. The van der Waals surface area contributed by atoms with Gasteiger partial charge in [-0.2, -0.15) is 0 Å². The number of nitrogens with one attached hydrogen (secondary N) is 1. The second-order valence-corrected chi connectivity index (χ2v) is 7.82. The van der Waals surface area contributed by atoms with Gasteiger partial charge in [0.05, 0.1) is 15.8 Å². The van der Waals surface area contributed by atoms with E-state index in [9.17, 15) is 9.90 Å². The van der Waals surface area contributed by atoms with Crippen LogP contribution in [0.3, 0.4) is 0 Å². The minimum absolute atomic E-state index is 0.136. The molecule has 3 aromatic carbocycles. The Hall–Kier alpha value is -2.83. The van der Waals surface area contributed by atoms with Crippen LogP contribution < -0.4 is 5.32 Å². The largest absolute Gasteiger partial charge is 0.507 e. The monoisotopic (exact) mass is 392 g/mol. The quantitative estimate of drug-likeness (QED) is 0.348. The average molecular weight is 393 g/mol. The summed E-state index contributed by atoms with van der Waals surface area (Å²) >= 11 is 3.10. The van der Waals surface area contributed by atoms with Crippen LogP contribution in [0.5, 0.6) is 5.75 Å². The van der Waals surface area contributed by atoms with Gasteiger partial charge in [0.1, 0.15) is 10.8 Å². The van der Waals surface area contributed by atoms with E-state index in [1.54, 1.807) is 36.0 Å². The number of thioether (sulfide) groups is 1. The van der Waals surface area contributed by atoms with Crippen LogP contribution >= 0.6 is 23.1 Å². The number of hydrogen-bond donors (Lipinski definition) is 2. The van der Waals surface area contributed by atoms with Gasteiger partial charge in [-0.15, -0.1) is 23.1 Å². The van der Waals surface area contributed by atoms with Crippen molar-refractivity contribution in [3.8, 4) is 16.3 Å². The first-order valence-electron chi connectivity index (χ1n) is 8.28. The number of para-hydroxylation sites is 1. The molecule has 0 spiro atoms. The second-order valence-electron chi connectivity index (χ2n) is 5.90. The average Bonchev–Trinajstić information content (AvgIpc) is 3.13. The molecule has 6 heteroatoms. The molecule has 0 unspecified atom stereocenters. The van der Waals surface area contributed by atoms with Crippen molar-refractivity contribution in [2.75, 3.05) is 11.6 Å². The Labute approximate surface area is 164 Å². The number of thiazole rings is 1. The van der Waals surface area contributed by atoms with Crippen LogP contribution in [0.15, 0.2) is 71.6 Å². The van der Waals surface area contributed by atoms with Crippen LogP contribution in [0.2, 0.25) is 0 Å². The lowest BCUT2D eigenvalue weighted by atomic mass is 10.1. The van der Waals surface area contributed by atoms with Gasteiger partial charge in [-0.05, 0) is 54.8 Å². The smallest absolute Gasteiger partial charge is 0.255 e. The molecule has 4 aromatic rings. The van der Waals surface area contributed by atoms with Crippen molar-refractivity contribution in [1.82, 2.24) is 4.98 Å². The number of phenols is 1. The van der Waals surface area contributed by atoms with E-state index >= 15 is 0 Å². The molecule has 0 aliphatic rings. The van der Waals surface area contributed by atoms with E-state index in [0.717, 1.165) is 15.1 Å². The summed E-state index contributed by atoms with van der Waals surface area (Å²) in [5.74, 6) is -0.0525. The van der Waals surface area contributed by atoms with E-state index in [4.69, 9.17) is 0 Å². The molecule has 0 atom stereocenters. The Bertz CT molecular complexity index is 1100. The Balaban J connectivity index is 1.64. The molecule has 0 aliphatic heterocycles. The van der Waals surface area contributed by atoms with Gasteiger partial charge in [0.25, 0.3) is 5.91 Å². The lowest BCUT2D eigenvalue weighted by molar-refractivity contribution is 0.102. The normalized spacial score (nSPS) is 10.9. The lowest BCUT2D eigenvalue weighted by Crippen LogP contribution is -2.11. The summed E-state index contributed by atoms with van der Waals surface area (Å²) in [6, 6.07) is 20.3. The lowest BCUT2D eigenvalue weighted by Gasteiger charge is -2.09. The topological polar surface area (TPSA) is 62.2 Å². The van der Waals surface area contributed by atoms with E-state index < -0.39 is 0 Å². The predicted octanol–water partition coefficient (Wildman–Crippen LogP) is 5.64. The zero-order chi connectivity index (χ0) is 18.8. The van der Waals surface area contributed by atoms with Gasteiger partial charge in [-0.3, -0.25) is 4.79 Å². The van der Waals surface area contributed by atoms with Crippen molar-refractivity contribution in [2.24, 2.45) is 0 Å². The van der Waals surface area contributed by atoms with Gasteiger partial charge in [0, 0.05) is 16.1 Å². The minimum Gasteiger partial charge on any atom is -0.507 e. The minimum atomic E-state index is -0.188. The molecular weight excluding hydrogens is 376 g/mol. The first kappa shape index (κ1) is 17.6. The van der Waals surface area contributed by atoms with Crippen LogP contribution in [0.1, 0.15) is 10.4 Å². The summed E-state index contributed by atoms with van der Waals surface area (Å²) in [6.07, 6.45) is 1.97. The molecular formula is C21H16N2O2S2. The van der Waals surface area contributed by atoms with Crippen LogP contribution in [-0.2, 0) is 0 Å². The molecule has 1 aromatic heterocycles. The van der Waals surface area contributed by atoms with Crippen LogP contribution in [0, 0.1) is 0 Å². The van der Waals surface area contributed by atoms with Gasteiger partial charge < -0.3 is 10.4 Å². The number of phenolic OH excluding ortho intramolecular Hbond substituents is 1. The summed E-state index contributed by atoms with van der Waals surface area (Å²) in [5.41, 5.74) is 2.70. The zero-order valence-electron chi connectivity index (χ0n) is 14.5. The predicted molar refractivity (Wildman–Crippen MR) is 113 cm³/mol. The number of rotatable bonds is 4. The van der Waals surface area contributed by atoms with Gasteiger partial charge in [0.2, 0.25) is 0 Å². The maximum atomic E-state index is 12.6. The number of aromatic hydroxyl groups is 1. The first-order valence-corrected chi connectivity index (χ1v) is 10.3. The highest BCUT2D eigenvalue weighted by atomic mass is 32.2. The van der Waals surface area contributed by atoms with Crippen molar-refractivity contribution in [2.45, 2.75) is 4.90 Å². The number of amides is 1. The molecule has 0 bridgehead atoms. The number of anilines is 1. The Kier molecular flexibility index (Phi) is 4.83. The molecule has 0 saturated heterocycles. The molecule has 27 heavy (non-hydrogen) atoms. The van der Waals surface area contributed by atoms with Crippen molar-refractivity contribution in [3.05, 3.63) is 72.3 Å². The Morgan fingerprint density at radius 1 is 1.07 bits per heavy atom. The maximum Gasteiger partial charge on any atom is 0.255 e. The van der Waals surface area contributed by atoms with Crippen molar-refractivity contribution < 1.29 is 9.90 Å². The molecule has 4 nitrogen and oxygen atoms in total. The van der Waals surface area contributed by atoms with Gasteiger partial charge in [-0.1, -0.05) is 18.2 Å².